The van der Waals surface area contributed by atoms with Crippen molar-refractivity contribution >= 4 is 0 Å². The number of benzene rings is 1. The first-order valence-electron chi connectivity index (χ1n) is 8.75. The van der Waals surface area contributed by atoms with Gasteiger partial charge < -0.3 is 22.1 Å². The second kappa shape index (κ2) is 8.81. The van der Waals surface area contributed by atoms with Crippen LogP contribution in [0, 0.1) is 11.8 Å². The van der Waals surface area contributed by atoms with E-state index in [-0.39, 0.29) is 17.0 Å². The lowest BCUT2D eigenvalue weighted by atomic mass is 9.78. The highest BCUT2D eigenvalue weighted by molar-refractivity contribution is 5.35. The summed E-state index contributed by atoms with van der Waals surface area (Å²) in [5, 5.41) is 11.8. The monoisotopic (exact) mass is 406 g/mol. The van der Waals surface area contributed by atoms with Crippen molar-refractivity contribution in [2.24, 2.45) is 18.9 Å². The maximum Gasteiger partial charge on any atom is 0.243 e. The SMILES string of the molecule is CC(=C(C(C)C)C(C)C)C(O)(Cn1cc[n+](C)c1)c1ccccc1.[Br-]. The van der Waals surface area contributed by atoms with Crippen LogP contribution in [0.25, 0.3) is 0 Å². The molecule has 0 fully saturated rings. The topological polar surface area (TPSA) is 29.0 Å². The lowest BCUT2D eigenvalue weighted by Crippen LogP contribution is -3.00. The molecule has 0 aliphatic carbocycles. The van der Waals surface area contributed by atoms with Crippen LogP contribution in [0.15, 0.2) is 60.2 Å². The van der Waals surface area contributed by atoms with Gasteiger partial charge in [0.2, 0.25) is 6.33 Å². The van der Waals surface area contributed by atoms with Gasteiger partial charge in [-0.05, 0) is 29.9 Å². The van der Waals surface area contributed by atoms with Crippen molar-refractivity contribution in [3.05, 3.63) is 65.8 Å². The van der Waals surface area contributed by atoms with E-state index in [0.717, 1.165) is 11.1 Å². The highest BCUT2D eigenvalue weighted by atomic mass is 79.9. The van der Waals surface area contributed by atoms with Gasteiger partial charge in [0.05, 0.1) is 7.05 Å². The first-order chi connectivity index (χ1) is 11.3. The number of imidazole rings is 1. The zero-order chi connectivity index (χ0) is 17.9. The zero-order valence-electron chi connectivity index (χ0n) is 16.2. The number of aryl methyl sites for hydroxylation is 1. The molecule has 0 aliphatic heterocycles. The molecule has 1 aromatic carbocycles. The molecule has 1 N–H and O–H groups in total. The van der Waals surface area contributed by atoms with Crippen molar-refractivity contribution in [1.29, 1.82) is 0 Å². The minimum absolute atomic E-state index is 0. The largest absolute Gasteiger partial charge is 1.00 e. The molecular weight excluding hydrogens is 376 g/mol. The molecule has 0 spiro atoms. The number of nitrogens with zero attached hydrogens (tertiary/aromatic N) is 2. The summed E-state index contributed by atoms with van der Waals surface area (Å²) < 4.78 is 4.05. The van der Waals surface area contributed by atoms with E-state index in [1.54, 1.807) is 0 Å². The third-order valence-electron chi connectivity index (χ3n) is 4.78. The average Bonchev–Trinajstić information content (AvgIpc) is 2.92. The third-order valence-corrected chi connectivity index (χ3v) is 4.78. The van der Waals surface area contributed by atoms with Crippen LogP contribution in [0.2, 0.25) is 0 Å². The molecule has 1 heterocycles. The van der Waals surface area contributed by atoms with Crippen molar-refractivity contribution in [2.45, 2.75) is 46.8 Å². The standard InChI is InChI=1S/C21H31N2O.BrH/c1-16(2)20(17(3)4)18(5)21(24,19-10-8-7-9-11-19)14-23-13-12-22(6)15-23;/h7-13,15-17,24H,14H2,1-6H3;1H/q+1;/p-1. The Balaban J connectivity index is 0.00000312. The molecule has 25 heavy (non-hydrogen) atoms. The Bertz CT molecular complexity index is 694. The van der Waals surface area contributed by atoms with Crippen LogP contribution in [0.1, 0.15) is 40.2 Å². The number of hydrogen-bond donors (Lipinski definition) is 1. The molecule has 0 saturated carbocycles. The molecule has 0 saturated heterocycles. The van der Waals surface area contributed by atoms with Crippen molar-refractivity contribution in [1.82, 2.24) is 4.57 Å². The van der Waals surface area contributed by atoms with Gasteiger partial charge in [-0.1, -0.05) is 63.6 Å². The molecule has 2 rings (SSSR count). The predicted octanol–water partition coefficient (Wildman–Crippen LogP) is 0.833. The summed E-state index contributed by atoms with van der Waals surface area (Å²) in [6.45, 7) is 11.4. The van der Waals surface area contributed by atoms with Crippen LogP contribution in [0.4, 0.5) is 0 Å². The molecule has 1 unspecified atom stereocenters. The maximum atomic E-state index is 11.8. The van der Waals surface area contributed by atoms with Crippen LogP contribution in [-0.4, -0.2) is 9.67 Å². The van der Waals surface area contributed by atoms with Gasteiger partial charge in [-0.3, -0.25) is 0 Å². The fraction of sp³-hybridized carbons (Fsp3) is 0.476. The minimum Gasteiger partial charge on any atom is -1.00 e. The van der Waals surface area contributed by atoms with Crippen molar-refractivity contribution < 1.29 is 26.7 Å². The lowest BCUT2D eigenvalue weighted by Gasteiger charge is -2.33. The van der Waals surface area contributed by atoms with Gasteiger partial charge >= 0.3 is 0 Å². The van der Waals surface area contributed by atoms with Crippen molar-refractivity contribution in [3.63, 3.8) is 0 Å². The van der Waals surface area contributed by atoms with Gasteiger partial charge in [-0.2, -0.15) is 0 Å². The second-order valence-electron chi connectivity index (χ2n) is 7.37. The maximum absolute atomic E-state index is 11.8. The number of aromatic nitrogens is 2. The van der Waals surface area contributed by atoms with Gasteiger partial charge in [0.1, 0.15) is 24.5 Å². The quantitative estimate of drug-likeness (QED) is 0.558. The fourth-order valence-corrected chi connectivity index (χ4v) is 3.77. The van der Waals surface area contributed by atoms with E-state index < -0.39 is 5.60 Å². The highest BCUT2D eigenvalue weighted by Crippen LogP contribution is 2.37. The summed E-state index contributed by atoms with van der Waals surface area (Å²) in [6, 6.07) is 10.0. The van der Waals surface area contributed by atoms with Crippen LogP contribution >= 0.6 is 0 Å². The fourth-order valence-electron chi connectivity index (χ4n) is 3.77. The summed E-state index contributed by atoms with van der Waals surface area (Å²) in [5.74, 6) is 0.807. The Hall–Kier alpha value is -1.39. The number of hydrogen-bond acceptors (Lipinski definition) is 1. The van der Waals surface area contributed by atoms with Crippen LogP contribution in [-0.2, 0) is 19.2 Å². The Morgan fingerprint density at radius 1 is 1.12 bits per heavy atom. The number of rotatable bonds is 6. The van der Waals surface area contributed by atoms with Crippen LogP contribution in [0.3, 0.4) is 0 Å². The summed E-state index contributed by atoms with van der Waals surface area (Å²) in [4.78, 5) is 0. The molecule has 0 aliphatic rings. The minimum atomic E-state index is -1.02. The van der Waals surface area contributed by atoms with Crippen molar-refractivity contribution in [3.8, 4) is 0 Å². The predicted molar refractivity (Wildman–Crippen MR) is 98.3 cm³/mol. The molecule has 138 valence electrons. The van der Waals surface area contributed by atoms with E-state index >= 15 is 0 Å². The number of halogens is 1. The van der Waals surface area contributed by atoms with Gasteiger partial charge in [-0.25, -0.2) is 9.13 Å². The Kier molecular flexibility index (Phi) is 7.63. The molecule has 2 aromatic rings. The zero-order valence-corrected chi connectivity index (χ0v) is 17.8. The van der Waals surface area contributed by atoms with E-state index in [1.165, 1.54) is 5.57 Å². The van der Waals surface area contributed by atoms with E-state index in [1.807, 2.05) is 60.7 Å². The highest BCUT2D eigenvalue weighted by Gasteiger charge is 2.36. The van der Waals surface area contributed by atoms with Crippen molar-refractivity contribution in [2.75, 3.05) is 0 Å². The first kappa shape index (κ1) is 21.7. The van der Waals surface area contributed by atoms with Gasteiger partial charge in [0.25, 0.3) is 0 Å². The molecule has 0 radical (unpaired) electrons. The molecule has 0 amide bonds. The van der Waals surface area contributed by atoms with E-state index in [4.69, 9.17) is 0 Å². The van der Waals surface area contributed by atoms with E-state index in [9.17, 15) is 5.11 Å². The van der Waals surface area contributed by atoms with Crippen LogP contribution in [0.5, 0.6) is 0 Å². The summed E-state index contributed by atoms with van der Waals surface area (Å²) in [6.07, 6.45) is 6.01. The Labute approximate surface area is 162 Å². The number of aliphatic hydroxyl groups is 1. The van der Waals surface area contributed by atoms with Gasteiger partial charge in [0, 0.05) is 0 Å². The number of allylic oxidation sites excluding steroid dienone is 1. The molecule has 0 bridgehead atoms. The Morgan fingerprint density at radius 3 is 2.12 bits per heavy atom. The molecule has 3 nitrogen and oxygen atoms in total. The molecule has 1 aromatic heterocycles. The van der Waals surface area contributed by atoms with Gasteiger partial charge in [0.15, 0.2) is 0 Å². The first-order valence-corrected chi connectivity index (χ1v) is 8.75. The van der Waals surface area contributed by atoms with E-state index in [2.05, 4.69) is 39.2 Å². The average molecular weight is 407 g/mol. The summed E-state index contributed by atoms with van der Waals surface area (Å²) in [5.41, 5.74) is 2.32. The van der Waals surface area contributed by atoms with E-state index in [0.29, 0.717) is 18.4 Å². The molecular formula is C21H31BrN2O. The molecule has 1 atom stereocenters. The van der Waals surface area contributed by atoms with Crippen LogP contribution < -0.4 is 21.5 Å². The van der Waals surface area contributed by atoms with Gasteiger partial charge in [-0.15, -0.1) is 0 Å². The normalized spacial score (nSPS) is 13.5. The third kappa shape index (κ3) is 4.83. The summed E-state index contributed by atoms with van der Waals surface area (Å²) in [7, 11) is 1.99. The second-order valence-corrected chi connectivity index (χ2v) is 7.37. The molecule has 4 heteroatoms. The Morgan fingerprint density at radius 2 is 1.68 bits per heavy atom. The lowest BCUT2D eigenvalue weighted by molar-refractivity contribution is -0.671. The summed E-state index contributed by atoms with van der Waals surface area (Å²) >= 11 is 0. The smallest absolute Gasteiger partial charge is 0.243 e.